The molecule has 1 rings (SSSR count). The quantitative estimate of drug-likeness (QED) is 0.488. The van der Waals surface area contributed by atoms with Gasteiger partial charge in [-0.15, -0.1) is 0 Å². The van der Waals surface area contributed by atoms with Crippen LogP contribution in [0, 0.1) is 0 Å². The second kappa shape index (κ2) is 2.21. The van der Waals surface area contributed by atoms with Gasteiger partial charge in [0.1, 0.15) is 6.10 Å². The first-order valence-corrected chi connectivity index (χ1v) is 3.06. The minimum Gasteiger partial charge on any atom is -0.495 e. The summed E-state index contributed by atoms with van der Waals surface area (Å²) in [5.74, 6) is 0.907. The van der Waals surface area contributed by atoms with E-state index in [1.54, 1.807) is 13.0 Å². The Balaban J connectivity index is 2.67. The number of ether oxygens (including phenoxy) is 1. The van der Waals surface area contributed by atoms with Crippen LogP contribution in [0.3, 0.4) is 0 Å². The van der Waals surface area contributed by atoms with Crippen molar-refractivity contribution < 1.29 is 9.53 Å². The smallest absolute Gasteiger partial charge is 0.162 e. The van der Waals surface area contributed by atoms with E-state index >= 15 is 0 Å². The van der Waals surface area contributed by atoms with Crippen molar-refractivity contribution in [2.24, 2.45) is 0 Å². The van der Waals surface area contributed by atoms with Crippen molar-refractivity contribution in [3.63, 3.8) is 0 Å². The standard InChI is InChI=1S/C7H10O2/c1-5-3-7(8)4-6(2)9-5/h3,6H,4H2,1-2H3/t6-/m1/s1. The van der Waals surface area contributed by atoms with Crippen molar-refractivity contribution in [2.45, 2.75) is 26.4 Å². The van der Waals surface area contributed by atoms with Gasteiger partial charge in [-0.05, 0) is 13.8 Å². The number of rotatable bonds is 0. The summed E-state index contributed by atoms with van der Waals surface area (Å²) in [6.07, 6.45) is 2.14. The third-order valence-electron chi connectivity index (χ3n) is 1.24. The zero-order chi connectivity index (χ0) is 6.85. The average molecular weight is 126 g/mol. The molecule has 50 valence electrons. The minimum atomic E-state index is 0.0718. The monoisotopic (exact) mass is 126 g/mol. The van der Waals surface area contributed by atoms with Gasteiger partial charge in [0, 0.05) is 12.5 Å². The Kier molecular flexibility index (Phi) is 1.56. The molecule has 1 atom stereocenters. The first kappa shape index (κ1) is 6.33. The SMILES string of the molecule is CC1=CC(=O)C[C@@H](C)O1. The summed E-state index contributed by atoms with van der Waals surface area (Å²) in [4.78, 5) is 10.7. The molecular formula is C7H10O2. The molecule has 0 N–H and O–H groups in total. The summed E-state index contributed by atoms with van der Waals surface area (Å²) in [7, 11) is 0. The van der Waals surface area contributed by atoms with E-state index in [0.717, 1.165) is 5.76 Å². The highest BCUT2D eigenvalue weighted by molar-refractivity contribution is 5.90. The molecule has 0 saturated heterocycles. The maximum atomic E-state index is 10.7. The van der Waals surface area contributed by atoms with Crippen LogP contribution in [0.2, 0.25) is 0 Å². The fourth-order valence-corrected chi connectivity index (χ4v) is 0.962. The van der Waals surface area contributed by atoms with Crippen molar-refractivity contribution >= 4 is 5.78 Å². The van der Waals surface area contributed by atoms with Crippen molar-refractivity contribution in [3.8, 4) is 0 Å². The normalized spacial score (nSPS) is 27.1. The molecule has 0 spiro atoms. The van der Waals surface area contributed by atoms with Gasteiger partial charge < -0.3 is 4.74 Å². The highest BCUT2D eigenvalue weighted by atomic mass is 16.5. The van der Waals surface area contributed by atoms with E-state index in [9.17, 15) is 4.79 Å². The van der Waals surface area contributed by atoms with Crippen molar-refractivity contribution in [1.82, 2.24) is 0 Å². The van der Waals surface area contributed by atoms with E-state index in [1.165, 1.54) is 0 Å². The lowest BCUT2D eigenvalue weighted by molar-refractivity contribution is -0.118. The molecule has 0 aromatic heterocycles. The summed E-state index contributed by atoms with van der Waals surface area (Å²) in [6, 6.07) is 0. The van der Waals surface area contributed by atoms with Gasteiger partial charge in [0.25, 0.3) is 0 Å². The fraction of sp³-hybridized carbons (Fsp3) is 0.571. The van der Waals surface area contributed by atoms with Gasteiger partial charge in [0.15, 0.2) is 5.78 Å². The first-order chi connectivity index (χ1) is 4.18. The molecule has 0 aromatic rings. The molecule has 1 aliphatic heterocycles. The lowest BCUT2D eigenvalue weighted by Gasteiger charge is -2.17. The molecule has 0 saturated carbocycles. The number of carbonyl (C=O) groups excluding carboxylic acids is 1. The zero-order valence-electron chi connectivity index (χ0n) is 5.68. The molecule has 1 aliphatic rings. The molecule has 2 heteroatoms. The van der Waals surface area contributed by atoms with Gasteiger partial charge in [-0.2, -0.15) is 0 Å². The Hall–Kier alpha value is -0.790. The van der Waals surface area contributed by atoms with E-state index < -0.39 is 0 Å². The Morgan fingerprint density at radius 3 is 2.89 bits per heavy atom. The predicted molar refractivity (Wildman–Crippen MR) is 33.9 cm³/mol. The third-order valence-corrected chi connectivity index (χ3v) is 1.24. The number of hydrogen-bond acceptors (Lipinski definition) is 2. The number of ketones is 1. The molecule has 0 fully saturated rings. The highest BCUT2D eigenvalue weighted by Crippen LogP contribution is 2.12. The first-order valence-electron chi connectivity index (χ1n) is 3.06. The van der Waals surface area contributed by atoms with Crippen LogP contribution < -0.4 is 0 Å². The summed E-state index contributed by atoms with van der Waals surface area (Å²) in [6.45, 7) is 3.70. The summed E-state index contributed by atoms with van der Waals surface area (Å²) >= 11 is 0. The van der Waals surface area contributed by atoms with E-state index in [1.807, 2.05) is 6.92 Å². The lowest BCUT2D eigenvalue weighted by atomic mass is 10.1. The summed E-state index contributed by atoms with van der Waals surface area (Å²) in [5.41, 5.74) is 0. The molecule has 9 heavy (non-hydrogen) atoms. The van der Waals surface area contributed by atoms with Crippen LogP contribution in [0.25, 0.3) is 0 Å². The van der Waals surface area contributed by atoms with Gasteiger partial charge >= 0.3 is 0 Å². The maximum absolute atomic E-state index is 10.7. The van der Waals surface area contributed by atoms with E-state index in [0.29, 0.717) is 6.42 Å². The number of allylic oxidation sites excluding steroid dienone is 2. The summed E-state index contributed by atoms with van der Waals surface area (Å²) < 4.78 is 5.20. The molecule has 0 aromatic carbocycles. The molecule has 1 heterocycles. The fourth-order valence-electron chi connectivity index (χ4n) is 0.962. The predicted octanol–water partition coefficient (Wildman–Crippen LogP) is 1.27. The molecule has 0 bridgehead atoms. The van der Waals surface area contributed by atoms with Crippen LogP contribution in [0.1, 0.15) is 20.3 Å². The van der Waals surface area contributed by atoms with Crippen LogP contribution in [-0.4, -0.2) is 11.9 Å². The second-order valence-corrected chi connectivity index (χ2v) is 2.35. The van der Waals surface area contributed by atoms with Crippen LogP contribution in [0.4, 0.5) is 0 Å². The van der Waals surface area contributed by atoms with E-state index in [2.05, 4.69) is 0 Å². The minimum absolute atomic E-state index is 0.0718. The Labute approximate surface area is 54.5 Å². The van der Waals surface area contributed by atoms with Gasteiger partial charge in [-0.1, -0.05) is 0 Å². The van der Waals surface area contributed by atoms with Crippen molar-refractivity contribution in [2.75, 3.05) is 0 Å². The van der Waals surface area contributed by atoms with Crippen LogP contribution in [0.15, 0.2) is 11.8 Å². The molecule has 0 unspecified atom stereocenters. The van der Waals surface area contributed by atoms with Crippen molar-refractivity contribution in [1.29, 1.82) is 0 Å². The van der Waals surface area contributed by atoms with Gasteiger partial charge in [-0.3, -0.25) is 4.79 Å². The molecule has 0 radical (unpaired) electrons. The van der Waals surface area contributed by atoms with Crippen LogP contribution in [0.5, 0.6) is 0 Å². The lowest BCUT2D eigenvalue weighted by Crippen LogP contribution is -2.17. The third kappa shape index (κ3) is 1.56. The van der Waals surface area contributed by atoms with Crippen molar-refractivity contribution in [3.05, 3.63) is 11.8 Å². The Bertz CT molecular complexity index is 158. The van der Waals surface area contributed by atoms with E-state index in [-0.39, 0.29) is 11.9 Å². The second-order valence-electron chi connectivity index (χ2n) is 2.35. The highest BCUT2D eigenvalue weighted by Gasteiger charge is 2.13. The molecular weight excluding hydrogens is 116 g/mol. The molecule has 0 amide bonds. The molecule has 2 nitrogen and oxygen atoms in total. The largest absolute Gasteiger partial charge is 0.495 e. The van der Waals surface area contributed by atoms with E-state index in [4.69, 9.17) is 4.74 Å². The van der Waals surface area contributed by atoms with Crippen LogP contribution >= 0.6 is 0 Å². The summed E-state index contributed by atoms with van der Waals surface area (Å²) in [5, 5.41) is 0. The zero-order valence-corrected chi connectivity index (χ0v) is 5.68. The number of hydrogen-bond donors (Lipinski definition) is 0. The van der Waals surface area contributed by atoms with Gasteiger partial charge in [-0.25, -0.2) is 0 Å². The average Bonchev–Trinajstić information content (AvgIpc) is 1.59. The topological polar surface area (TPSA) is 26.3 Å². The van der Waals surface area contributed by atoms with Crippen LogP contribution in [-0.2, 0) is 9.53 Å². The van der Waals surface area contributed by atoms with Gasteiger partial charge in [0.2, 0.25) is 0 Å². The molecule has 0 aliphatic carbocycles. The Morgan fingerprint density at radius 2 is 2.44 bits per heavy atom. The number of carbonyl (C=O) groups is 1. The van der Waals surface area contributed by atoms with Gasteiger partial charge in [0.05, 0.1) is 5.76 Å². The maximum Gasteiger partial charge on any atom is 0.162 e. The Morgan fingerprint density at radius 1 is 1.78 bits per heavy atom.